The monoisotopic (exact) mass is 438 g/mol. The fourth-order valence-corrected chi connectivity index (χ4v) is 7.55. The van der Waals surface area contributed by atoms with Crippen molar-refractivity contribution >= 4 is 50.0 Å². The number of aliphatic imine (C=N–C) groups is 1. The van der Waals surface area contributed by atoms with Gasteiger partial charge in [-0.1, -0.05) is 41.6 Å². The van der Waals surface area contributed by atoms with E-state index >= 15 is 0 Å². The highest BCUT2D eigenvalue weighted by Crippen LogP contribution is 2.41. The summed E-state index contributed by atoms with van der Waals surface area (Å²) in [6, 6.07) is 12.5. The number of thioether (sulfide) groups is 1. The number of amides is 1. The van der Waals surface area contributed by atoms with Crippen LogP contribution in [0.15, 0.2) is 53.5 Å². The molecule has 0 spiro atoms. The number of halogens is 2. The quantitative estimate of drug-likeness (QED) is 0.735. The van der Waals surface area contributed by atoms with Crippen LogP contribution in [0.4, 0.5) is 10.1 Å². The summed E-state index contributed by atoms with van der Waals surface area (Å²) in [5.41, 5.74) is 1.29. The molecule has 2 aliphatic heterocycles. The second-order valence-corrected chi connectivity index (χ2v) is 10.5. The zero-order chi connectivity index (χ0) is 19.9. The number of sulfone groups is 1. The van der Waals surface area contributed by atoms with Gasteiger partial charge in [0.1, 0.15) is 5.82 Å². The lowest BCUT2D eigenvalue weighted by Gasteiger charge is -2.24. The average molecular weight is 439 g/mol. The number of amidine groups is 1. The molecule has 0 unspecified atom stereocenters. The topological polar surface area (TPSA) is 66.8 Å². The van der Waals surface area contributed by atoms with E-state index in [9.17, 15) is 17.6 Å². The number of anilines is 1. The summed E-state index contributed by atoms with van der Waals surface area (Å²) in [6.07, 6.45) is 0.0502. The number of rotatable bonds is 3. The SMILES string of the molecule is O=C(Cc1ccccc1Cl)N=C1S[C@@H]2CS(=O)(=O)C[C@H]2N1c1ccc(F)cc1. The molecule has 2 aliphatic rings. The van der Waals surface area contributed by atoms with Gasteiger partial charge in [-0.05, 0) is 35.9 Å². The van der Waals surface area contributed by atoms with Crippen molar-refractivity contribution in [3.05, 3.63) is 64.9 Å². The van der Waals surface area contributed by atoms with Crippen LogP contribution in [-0.4, -0.2) is 42.3 Å². The van der Waals surface area contributed by atoms with E-state index in [2.05, 4.69) is 4.99 Å². The molecular formula is C19H16ClFN2O3S2. The van der Waals surface area contributed by atoms with E-state index in [0.717, 1.165) is 0 Å². The Morgan fingerprint density at radius 1 is 1.18 bits per heavy atom. The van der Waals surface area contributed by atoms with Crippen LogP contribution < -0.4 is 4.90 Å². The van der Waals surface area contributed by atoms with Crippen LogP contribution in [0.3, 0.4) is 0 Å². The third-order valence-electron chi connectivity index (χ3n) is 4.69. The van der Waals surface area contributed by atoms with Crippen molar-refractivity contribution in [3.8, 4) is 0 Å². The summed E-state index contributed by atoms with van der Waals surface area (Å²) in [5.74, 6) is -0.734. The van der Waals surface area contributed by atoms with Gasteiger partial charge in [-0.15, -0.1) is 0 Å². The van der Waals surface area contributed by atoms with Crippen molar-refractivity contribution < 1.29 is 17.6 Å². The Morgan fingerprint density at radius 2 is 1.89 bits per heavy atom. The molecule has 0 aromatic heterocycles. The summed E-state index contributed by atoms with van der Waals surface area (Å²) in [7, 11) is -3.15. The first-order chi connectivity index (χ1) is 13.3. The number of nitrogens with zero attached hydrogens (tertiary/aromatic N) is 2. The van der Waals surface area contributed by atoms with E-state index < -0.39 is 9.84 Å². The van der Waals surface area contributed by atoms with Gasteiger partial charge in [0.2, 0.25) is 0 Å². The third kappa shape index (κ3) is 3.94. The Hall–Kier alpha value is -1.90. The molecule has 4 rings (SSSR count). The maximum Gasteiger partial charge on any atom is 0.252 e. The molecule has 146 valence electrons. The van der Waals surface area contributed by atoms with E-state index in [0.29, 0.717) is 21.4 Å². The van der Waals surface area contributed by atoms with Gasteiger partial charge in [0.15, 0.2) is 15.0 Å². The molecule has 5 nitrogen and oxygen atoms in total. The first kappa shape index (κ1) is 19.4. The molecule has 0 N–H and O–H groups in total. The molecule has 2 fully saturated rings. The van der Waals surface area contributed by atoms with Crippen molar-refractivity contribution in [1.82, 2.24) is 0 Å². The lowest BCUT2D eigenvalue weighted by atomic mass is 10.1. The molecular weight excluding hydrogens is 423 g/mol. The maximum atomic E-state index is 13.3. The molecule has 9 heteroatoms. The molecule has 2 heterocycles. The van der Waals surface area contributed by atoms with Gasteiger partial charge in [0.05, 0.1) is 24.0 Å². The van der Waals surface area contributed by atoms with Gasteiger partial charge in [-0.25, -0.2) is 12.8 Å². The van der Waals surface area contributed by atoms with Crippen LogP contribution in [0.2, 0.25) is 5.02 Å². The van der Waals surface area contributed by atoms with Crippen LogP contribution >= 0.6 is 23.4 Å². The van der Waals surface area contributed by atoms with E-state index in [-0.39, 0.29) is 40.9 Å². The van der Waals surface area contributed by atoms with Crippen molar-refractivity contribution in [2.45, 2.75) is 17.7 Å². The van der Waals surface area contributed by atoms with Crippen molar-refractivity contribution in [1.29, 1.82) is 0 Å². The van der Waals surface area contributed by atoms with Gasteiger partial charge < -0.3 is 4.90 Å². The summed E-state index contributed by atoms with van der Waals surface area (Å²) in [5, 5.41) is 0.726. The lowest BCUT2D eigenvalue weighted by molar-refractivity contribution is -0.117. The van der Waals surface area contributed by atoms with Gasteiger partial charge in [-0.2, -0.15) is 4.99 Å². The van der Waals surface area contributed by atoms with Crippen LogP contribution in [0.5, 0.6) is 0 Å². The first-order valence-electron chi connectivity index (χ1n) is 8.59. The largest absolute Gasteiger partial charge is 0.316 e. The summed E-state index contributed by atoms with van der Waals surface area (Å²) in [6.45, 7) is 0. The van der Waals surface area contributed by atoms with E-state index in [1.165, 1.54) is 23.9 Å². The summed E-state index contributed by atoms with van der Waals surface area (Å²) < 4.78 is 37.5. The number of hydrogen-bond donors (Lipinski definition) is 0. The molecule has 0 bridgehead atoms. The van der Waals surface area contributed by atoms with Gasteiger partial charge in [0, 0.05) is 16.0 Å². The first-order valence-corrected chi connectivity index (χ1v) is 11.7. The van der Waals surface area contributed by atoms with Crippen LogP contribution in [0, 0.1) is 5.82 Å². The maximum absolute atomic E-state index is 13.3. The van der Waals surface area contributed by atoms with Crippen molar-refractivity contribution in [3.63, 3.8) is 0 Å². The van der Waals surface area contributed by atoms with Gasteiger partial charge in [0.25, 0.3) is 5.91 Å². The Labute approximate surface area is 171 Å². The molecule has 2 aromatic rings. The minimum Gasteiger partial charge on any atom is -0.316 e. The number of carbonyl (C=O) groups excluding carboxylic acids is 1. The zero-order valence-corrected chi connectivity index (χ0v) is 17.0. The Kier molecular flexibility index (Phi) is 5.20. The third-order valence-corrected chi connectivity index (χ3v) is 8.27. The molecule has 28 heavy (non-hydrogen) atoms. The van der Waals surface area contributed by atoms with Crippen LogP contribution in [0.1, 0.15) is 5.56 Å². The molecule has 1 amide bonds. The highest BCUT2D eigenvalue weighted by Gasteiger charge is 2.49. The van der Waals surface area contributed by atoms with E-state index in [4.69, 9.17) is 11.6 Å². The summed E-state index contributed by atoms with van der Waals surface area (Å²) >= 11 is 7.40. The fraction of sp³-hybridized carbons (Fsp3) is 0.263. The molecule has 0 aliphatic carbocycles. The van der Waals surface area contributed by atoms with Crippen molar-refractivity contribution in [2.24, 2.45) is 4.99 Å². The van der Waals surface area contributed by atoms with Crippen molar-refractivity contribution in [2.75, 3.05) is 16.4 Å². The van der Waals surface area contributed by atoms with Gasteiger partial charge in [-0.3, -0.25) is 4.79 Å². The van der Waals surface area contributed by atoms with Crippen LogP contribution in [-0.2, 0) is 21.1 Å². The Bertz CT molecular complexity index is 1060. The average Bonchev–Trinajstić information content (AvgIpc) is 3.09. The van der Waals surface area contributed by atoms with E-state index in [1.807, 2.05) is 0 Å². The number of benzene rings is 2. The highest BCUT2D eigenvalue weighted by molar-refractivity contribution is 8.16. The highest BCUT2D eigenvalue weighted by atomic mass is 35.5. The second kappa shape index (κ2) is 7.50. The van der Waals surface area contributed by atoms with E-state index in [1.54, 1.807) is 41.3 Å². The van der Waals surface area contributed by atoms with Gasteiger partial charge >= 0.3 is 0 Å². The molecule has 2 saturated heterocycles. The fourth-order valence-electron chi connectivity index (χ4n) is 3.42. The normalized spacial score (nSPS) is 24.5. The predicted octanol–water partition coefficient (Wildman–Crippen LogP) is 3.32. The molecule has 0 radical (unpaired) electrons. The molecule has 2 aromatic carbocycles. The lowest BCUT2D eigenvalue weighted by Crippen LogP contribution is -2.37. The molecule has 0 saturated carbocycles. The smallest absolute Gasteiger partial charge is 0.252 e. The standard InChI is InChI=1S/C19H16ClFN2O3S2/c20-15-4-2-1-3-12(15)9-18(24)22-19-23(14-7-5-13(21)6-8-14)16-10-28(25,26)11-17(16)27-19/h1-8,16-17H,9-11H2/t16-,17-/m1/s1. The second-order valence-electron chi connectivity index (χ2n) is 6.70. The Morgan fingerprint density at radius 3 is 2.61 bits per heavy atom. The predicted molar refractivity (Wildman–Crippen MR) is 110 cm³/mol. The number of fused-ring (bicyclic) bond motifs is 1. The minimum absolute atomic E-state index is 0.0141. The summed E-state index contributed by atoms with van der Waals surface area (Å²) in [4.78, 5) is 18.5. The minimum atomic E-state index is -3.15. The Balaban J connectivity index is 1.65. The zero-order valence-electron chi connectivity index (χ0n) is 14.6. The number of hydrogen-bond acceptors (Lipinski definition) is 4. The number of carbonyl (C=O) groups is 1. The van der Waals surface area contributed by atoms with Crippen LogP contribution in [0.25, 0.3) is 0 Å². The molecule has 2 atom stereocenters.